The lowest BCUT2D eigenvalue weighted by Gasteiger charge is -2.15. The predicted octanol–water partition coefficient (Wildman–Crippen LogP) is 2.36. The summed E-state index contributed by atoms with van der Waals surface area (Å²) in [6, 6.07) is 3.74. The molecule has 0 unspecified atom stereocenters. The van der Waals surface area contributed by atoms with Crippen LogP contribution in [0.4, 0.5) is 5.69 Å². The molecule has 20 heavy (non-hydrogen) atoms. The lowest BCUT2D eigenvalue weighted by molar-refractivity contribution is 0.324. The number of benzene rings is 1. The predicted molar refractivity (Wildman–Crippen MR) is 76.7 cm³/mol. The smallest absolute Gasteiger partial charge is 0.203 e. The first-order valence-electron chi connectivity index (χ1n) is 6.22. The summed E-state index contributed by atoms with van der Waals surface area (Å²) in [5.41, 5.74) is 3.05. The normalized spacial score (nSPS) is 10.2. The van der Waals surface area contributed by atoms with Gasteiger partial charge in [-0.3, -0.25) is 5.10 Å². The first-order valence-corrected chi connectivity index (χ1v) is 6.22. The van der Waals surface area contributed by atoms with E-state index in [0.717, 1.165) is 16.9 Å². The number of hydrogen-bond donors (Lipinski definition) is 2. The fourth-order valence-corrected chi connectivity index (χ4v) is 1.93. The van der Waals surface area contributed by atoms with Crippen LogP contribution in [-0.4, -0.2) is 31.5 Å². The third-order valence-corrected chi connectivity index (χ3v) is 3.08. The van der Waals surface area contributed by atoms with Crippen molar-refractivity contribution in [3.05, 3.63) is 29.6 Å². The van der Waals surface area contributed by atoms with Gasteiger partial charge in [0, 0.05) is 35.6 Å². The monoisotopic (exact) mass is 277 g/mol. The molecule has 0 fully saturated rings. The number of anilines is 1. The van der Waals surface area contributed by atoms with Gasteiger partial charge < -0.3 is 19.5 Å². The summed E-state index contributed by atoms with van der Waals surface area (Å²) >= 11 is 0. The fourth-order valence-electron chi connectivity index (χ4n) is 1.93. The lowest BCUT2D eigenvalue weighted by atomic mass is 10.2. The van der Waals surface area contributed by atoms with Crippen molar-refractivity contribution in [1.82, 2.24) is 10.2 Å². The standard InChI is InChI=1S/C14H19N3O3/c1-9-10(8-16-17-9)7-15-11-5-12(18-2)14(20-4)13(6-11)19-3/h5-6,8,15H,7H2,1-4H3,(H,16,17). The Morgan fingerprint density at radius 1 is 1.10 bits per heavy atom. The van der Waals surface area contributed by atoms with Crippen molar-refractivity contribution in [3.8, 4) is 17.2 Å². The van der Waals surface area contributed by atoms with E-state index >= 15 is 0 Å². The van der Waals surface area contributed by atoms with Crippen molar-refractivity contribution >= 4 is 5.69 Å². The van der Waals surface area contributed by atoms with Crippen molar-refractivity contribution in [2.24, 2.45) is 0 Å². The lowest BCUT2D eigenvalue weighted by Crippen LogP contribution is -2.02. The minimum absolute atomic E-state index is 0.583. The highest BCUT2D eigenvalue weighted by atomic mass is 16.5. The third kappa shape index (κ3) is 2.79. The van der Waals surface area contributed by atoms with E-state index < -0.39 is 0 Å². The number of methoxy groups -OCH3 is 3. The SMILES string of the molecule is COc1cc(NCc2cn[nH]c2C)cc(OC)c1OC. The van der Waals surface area contributed by atoms with Crippen molar-refractivity contribution in [2.75, 3.05) is 26.6 Å². The Bertz CT molecular complexity index is 556. The molecule has 0 saturated carbocycles. The van der Waals surface area contributed by atoms with Gasteiger partial charge in [-0.25, -0.2) is 0 Å². The van der Waals surface area contributed by atoms with E-state index in [1.165, 1.54) is 0 Å². The molecule has 6 heteroatoms. The molecule has 108 valence electrons. The van der Waals surface area contributed by atoms with Crippen LogP contribution in [0, 0.1) is 6.92 Å². The maximum Gasteiger partial charge on any atom is 0.203 e. The van der Waals surface area contributed by atoms with Gasteiger partial charge in [-0.2, -0.15) is 5.10 Å². The van der Waals surface area contributed by atoms with Crippen LogP contribution in [-0.2, 0) is 6.54 Å². The van der Waals surface area contributed by atoms with Gasteiger partial charge in [-0.05, 0) is 6.92 Å². The molecule has 6 nitrogen and oxygen atoms in total. The minimum Gasteiger partial charge on any atom is -0.493 e. The van der Waals surface area contributed by atoms with Gasteiger partial charge in [-0.1, -0.05) is 0 Å². The molecule has 2 N–H and O–H groups in total. The van der Waals surface area contributed by atoms with E-state index in [9.17, 15) is 0 Å². The van der Waals surface area contributed by atoms with Gasteiger partial charge >= 0.3 is 0 Å². The molecule has 1 aromatic carbocycles. The van der Waals surface area contributed by atoms with Crippen LogP contribution < -0.4 is 19.5 Å². The number of ether oxygens (including phenoxy) is 3. The fraction of sp³-hybridized carbons (Fsp3) is 0.357. The second kappa shape index (κ2) is 6.18. The highest BCUT2D eigenvalue weighted by Gasteiger charge is 2.13. The molecule has 0 radical (unpaired) electrons. The van der Waals surface area contributed by atoms with Crippen molar-refractivity contribution < 1.29 is 14.2 Å². The Labute approximate surface area is 118 Å². The van der Waals surface area contributed by atoms with Crippen LogP contribution in [0.5, 0.6) is 17.2 Å². The summed E-state index contributed by atoms with van der Waals surface area (Å²) < 4.78 is 15.9. The van der Waals surface area contributed by atoms with Gasteiger partial charge in [0.25, 0.3) is 0 Å². The topological polar surface area (TPSA) is 68.4 Å². The Balaban J connectivity index is 2.21. The molecule has 1 aromatic heterocycles. The molecule has 0 aliphatic rings. The Morgan fingerprint density at radius 3 is 2.20 bits per heavy atom. The number of H-pyrrole nitrogens is 1. The van der Waals surface area contributed by atoms with Gasteiger partial charge in [0.1, 0.15) is 0 Å². The molecule has 2 rings (SSSR count). The number of aromatic nitrogens is 2. The van der Waals surface area contributed by atoms with E-state index in [2.05, 4.69) is 15.5 Å². The Hall–Kier alpha value is -2.37. The molecule has 0 spiro atoms. The molecule has 0 saturated heterocycles. The number of hydrogen-bond acceptors (Lipinski definition) is 5. The van der Waals surface area contributed by atoms with Gasteiger partial charge in [0.2, 0.25) is 5.75 Å². The van der Waals surface area contributed by atoms with Crippen LogP contribution in [0.1, 0.15) is 11.3 Å². The summed E-state index contributed by atoms with van der Waals surface area (Å²) in [5, 5.41) is 10.2. The van der Waals surface area contributed by atoms with E-state index in [1.54, 1.807) is 27.5 Å². The van der Waals surface area contributed by atoms with E-state index in [1.807, 2.05) is 19.1 Å². The summed E-state index contributed by atoms with van der Waals surface area (Å²) in [6.07, 6.45) is 1.81. The summed E-state index contributed by atoms with van der Waals surface area (Å²) in [5.74, 6) is 1.83. The van der Waals surface area contributed by atoms with Gasteiger partial charge in [-0.15, -0.1) is 0 Å². The van der Waals surface area contributed by atoms with Gasteiger partial charge in [0.15, 0.2) is 11.5 Å². The zero-order valence-corrected chi connectivity index (χ0v) is 12.1. The van der Waals surface area contributed by atoms with Crippen LogP contribution in [0.3, 0.4) is 0 Å². The van der Waals surface area contributed by atoms with E-state index in [0.29, 0.717) is 23.8 Å². The molecule has 1 heterocycles. The summed E-state index contributed by atoms with van der Waals surface area (Å²) in [6.45, 7) is 2.65. The average molecular weight is 277 g/mol. The maximum atomic E-state index is 5.32. The number of rotatable bonds is 6. The maximum absolute atomic E-state index is 5.32. The average Bonchev–Trinajstić information content (AvgIpc) is 2.89. The third-order valence-electron chi connectivity index (χ3n) is 3.08. The Morgan fingerprint density at radius 2 is 1.75 bits per heavy atom. The first-order chi connectivity index (χ1) is 9.69. The summed E-state index contributed by atoms with van der Waals surface area (Å²) in [4.78, 5) is 0. The quantitative estimate of drug-likeness (QED) is 0.848. The molecule has 0 bridgehead atoms. The molecule has 0 aliphatic heterocycles. The van der Waals surface area contributed by atoms with E-state index in [-0.39, 0.29) is 0 Å². The minimum atomic E-state index is 0.583. The number of nitrogens with one attached hydrogen (secondary N) is 2. The largest absolute Gasteiger partial charge is 0.493 e. The second-order valence-electron chi connectivity index (χ2n) is 4.29. The number of aryl methyl sites for hydroxylation is 1. The molecular weight excluding hydrogens is 258 g/mol. The zero-order valence-electron chi connectivity index (χ0n) is 12.1. The molecule has 0 aliphatic carbocycles. The molecular formula is C14H19N3O3. The van der Waals surface area contributed by atoms with Crippen molar-refractivity contribution in [1.29, 1.82) is 0 Å². The number of aromatic amines is 1. The summed E-state index contributed by atoms with van der Waals surface area (Å²) in [7, 11) is 4.78. The number of nitrogens with zero attached hydrogens (tertiary/aromatic N) is 1. The van der Waals surface area contributed by atoms with E-state index in [4.69, 9.17) is 14.2 Å². The highest BCUT2D eigenvalue weighted by Crippen LogP contribution is 2.39. The Kier molecular flexibility index (Phi) is 4.34. The first kappa shape index (κ1) is 14.0. The van der Waals surface area contributed by atoms with Crippen LogP contribution in [0.15, 0.2) is 18.3 Å². The highest BCUT2D eigenvalue weighted by molar-refractivity contribution is 5.62. The van der Waals surface area contributed by atoms with Crippen LogP contribution in [0.2, 0.25) is 0 Å². The zero-order chi connectivity index (χ0) is 14.5. The van der Waals surface area contributed by atoms with Gasteiger partial charge in [0.05, 0.1) is 27.5 Å². The molecule has 2 aromatic rings. The van der Waals surface area contributed by atoms with Crippen LogP contribution in [0.25, 0.3) is 0 Å². The second-order valence-corrected chi connectivity index (χ2v) is 4.29. The molecule has 0 atom stereocenters. The molecule has 0 amide bonds. The van der Waals surface area contributed by atoms with Crippen molar-refractivity contribution in [2.45, 2.75) is 13.5 Å². The van der Waals surface area contributed by atoms with Crippen LogP contribution >= 0.6 is 0 Å². The van der Waals surface area contributed by atoms with Crippen molar-refractivity contribution in [3.63, 3.8) is 0 Å².